The van der Waals surface area contributed by atoms with Crippen molar-refractivity contribution in [2.75, 3.05) is 0 Å². The summed E-state index contributed by atoms with van der Waals surface area (Å²) >= 11 is 2.35. The Morgan fingerprint density at radius 1 is 1.32 bits per heavy atom. The number of hydrogen-bond acceptors (Lipinski definition) is 3. The van der Waals surface area contributed by atoms with E-state index in [0.29, 0.717) is 6.54 Å². The van der Waals surface area contributed by atoms with E-state index < -0.39 is 5.60 Å². The average Bonchev–Trinajstić information content (AvgIpc) is 2.81. The predicted molar refractivity (Wildman–Crippen MR) is 83.8 cm³/mol. The van der Waals surface area contributed by atoms with Gasteiger partial charge in [-0.1, -0.05) is 32.9 Å². The van der Waals surface area contributed by atoms with Crippen LogP contribution in [0.25, 0.3) is 0 Å². The van der Waals surface area contributed by atoms with Gasteiger partial charge >= 0.3 is 0 Å². The van der Waals surface area contributed by atoms with E-state index in [4.69, 9.17) is 0 Å². The first-order valence-corrected chi connectivity index (χ1v) is 7.51. The van der Waals surface area contributed by atoms with Crippen LogP contribution in [-0.4, -0.2) is 25.5 Å². The number of hydrogen-bond donors (Lipinski definition) is 1. The first kappa shape index (κ1) is 14.7. The van der Waals surface area contributed by atoms with E-state index in [0.717, 1.165) is 18.4 Å². The standard InChI is InChI=1S/C14H20IN3O/c1-13(2,3)14(19,8-18-10-16-9-17-18)11-4-6-12(15)7-5-11/h4,6,9-10,19H,5,7-8H2,1-3H3. The van der Waals surface area contributed by atoms with E-state index in [1.54, 1.807) is 11.0 Å². The molecule has 1 atom stereocenters. The molecule has 0 radical (unpaired) electrons. The van der Waals surface area contributed by atoms with Crippen molar-refractivity contribution in [3.63, 3.8) is 0 Å². The van der Waals surface area contributed by atoms with E-state index in [1.807, 2.05) is 0 Å². The molecule has 0 bridgehead atoms. The van der Waals surface area contributed by atoms with Gasteiger partial charge in [-0.3, -0.25) is 0 Å². The summed E-state index contributed by atoms with van der Waals surface area (Å²) in [7, 11) is 0. The number of nitrogens with zero attached hydrogens (tertiary/aromatic N) is 3. The Morgan fingerprint density at radius 2 is 2.05 bits per heavy atom. The third kappa shape index (κ3) is 3.08. The summed E-state index contributed by atoms with van der Waals surface area (Å²) in [4.78, 5) is 3.95. The van der Waals surface area contributed by atoms with Crippen LogP contribution in [0.4, 0.5) is 0 Å². The second-order valence-electron chi connectivity index (χ2n) is 6.01. The molecule has 0 saturated heterocycles. The van der Waals surface area contributed by atoms with E-state index in [1.165, 1.54) is 9.91 Å². The van der Waals surface area contributed by atoms with Crippen molar-refractivity contribution in [1.82, 2.24) is 14.8 Å². The van der Waals surface area contributed by atoms with Crippen molar-refractivity contribution in [1.29, 1.82) is 0 Å². The first-order chi connectivity index (χ1) is 8.83. The molecule has 1 aliphatic rings. The van der Waals surface area contributed by atoms with Crippen LogP contribution >= 0.6 is 22.6 Å². The molecule has 1 N–H and O–H groups in total. The molecule has 2 rings (SSSR count). The molecule has 1 unspecified atom stereocenters. The van der Waals surface area contributed by atoms with E-state index in [9.17, 15) is 5.11 Å². The van der Waals surface area contributed by atoms with Crippen LogP contribution in [0.5, 0.6) is 0 Å². The lowest BCUT2D eigenvalue weighted by molar-refractivity contribution is -0.0435. The van der Waals surface area contributed by atoms with Gasteiger partial charge in [0.1, 0.15) is 18.3 Å². The highest BCUT2D eigenvalue weighted by molar-refractivity contribution is 14.1. The summed E-state index contributed by atoms with van der Waals surface area (Å²) in [6.07, 6.45) is 9.21. The van der Waals surface area contributed by atoms with Gasteiger partial charge in [-0.05, 0) is 50.0 Å². The van der Waals surface area contributed by atoms with Gasteiger partial charge in [0.25, 0.3) is 0 Å². The fraction of sp³-hybridized carbons (Fsp3) is 0.571. The largest absolute Gasteiger partial charge is 0.383 e. The highest BCUT2D eigenvalue weighted by Crippen LogP contribution is 2.41. The summed E-state index contributed by atoms with van der Waals surface area (Å²) < 4.78 is 3.04. The fourth-order valence-electron chi connectivity index (χ4n) is 2.33. The molecule has 5 heteroatoms. The molecule has 0 aromatic carbocycles. The highest BCUT2D eigenvalue weighted by atomic mass is 127. The minimum atomic E-state index is -0.908. The molecule has 0 aliphatic heterocycles. The monoisotopic (exact) mass is 373 g/mol. The van der Waals surface area contributed by atoms with Crippen LogP contribution < -0.4 is 0 Å². The summed E-state index contributed by atoms with van der Waals surface area (Å²) in [6, 6.07) is 0. The maximum Gasteiger partial charge on any atom is 0.137 e. The Kier molecular flexibility index (Phi) is 4.15. The number of allylic oxidation sites excluding steroid dienone is 3. The molecule has 0 fully saturated rings. The Labute approximate surface area is 127 Å². The van der Waals surface area contributed by atoms with Gasteiger partial charge in [-0.15, -0.1) is 0 Å². The van der Waals surface area contributed by atoms with E-state index in [2.05, 4.69) is 65.6 Å². The second kappa shape index (κ2) is 5.36. The molecule has 1 aliphatic carbocycles. The normalized spacial score (nSPS) is 19.6. The summed E-state index contributed by atoms with van der Waals surface area (Å²) in [5, 5.41) is 15.4. The van der Waals surface area contributed by atoms with Gasteiger partial charge in [0.2, 0.25) is 0 Å². The molecular weight excluding hydrogens is 353 g/mol. The lowest BCUT2D eigenvalue weighted by Gasteiger charge is -2.42. The second-order valence-corrected chi connectivity index (χ2v) is 7.39. The zero-order chi connectivity index (χ0) is 14.1. The average molecular weight is 373 g/mol. The first-order valence-electron chi connectivity index (χ1n) is 6.43. The molecule has 1 aromatic heterocycles. The zero-order valence-corrected chi connectivity index (χ0v) is 13.8. The smallest absolute Gasteiger partial charge is 0.137 e. The SMILES string of the molecule is CC(C)(C)C(O)(Cn1cncn1)C1=CC=C(I)CC1. The molecule has 1 aromatic rings. The van der Waals surface area contributed by atoms with Gasteiger partial charge in [0.05, 0.1) is 6.54 Å². The Balaban J connectivity index is 2.35. The quantitative estimate of drug-likeness (QED) is 0.829. The summed E-state index contributed by atoms with van der Waals surface area (Å²) in [6.45, 7) is 6.63. The number of halogens is 1. The minimum Gasteiger partial charge on any atom is -0.383 e. The van der Waals surface area contributed by atoms with Crippen molar-refractivity contribution in [3.8, 4) is 0 Å². The fourth-order valence-corrected chi connectivity index (χ4v) is 2.78. The summed E-state index contributed by atoms with van der Waals surface area (Å²) in [5.41, 5.74) is -0.0911. The molecule has 19 heavy (non-hydrogen) atoms. The van der Waals surface area contributed by atoms with Crippen molar-refractivity contribution in [2.45, 2.75) is 45.8 Å². The molecule has 0 amide bonds. The lowest BCUT2D eigenvalue weighted by Crippen LogP contribution is -2.48. The van der Waals surface area contributed by atoms with Gasteiger partial charge < -0.3 is 5.11 Å². The van der Waals surface area contributed by atoms with Crippen molar-refractivity contribution >= 4 is 22.6 Å². The molecule has 1 heterocycles. The Morgan fingerprint density at radius 3 is 2.53 bits per heavy atom. The molecule has 0 spiro atoms. The van der Waals surface area contributed by atoms with Crippen molar-refractivity contribution in [2.24, 2.45) is 5.41 Å². The molecular formula is C14H20IN3O. The van der Waals surface area contributed by atoms with Crippen LogP contribution in [0.15, 0.2) is 34.0 Å². The van der Waals surface area contributed by atoms with Gasteiger partial charge in [-0.25, -0.2) is 9.67 Å². The van der Waals surface area contributed by atoms with Crippen LogP contribution in [0.3, 0.4) is 0 Å². The van der Waals surface area contributed by atoms with Crippen LogP contribution in [0, 0.1) is 5.41 Å². The zero-order valence-electron chi connectivity index (χ0n) is 11.6. The Bertz CT molecular complexity index is 499. The van der Waals surface area contributed by atoms with Gasteiger partial charge in [-0.2, -0.15) is 5.10 Å². The lowest BCUT2D eigenvalue weighted by atomic mass is 9.70. The van der Waals surface area contributed by atoms with Crippen LogP contribution in [0.1, 0.15) is 33.6 Å². The van der Waals surface area contributed by atoms with Gasteiger partial charge in [0.15, 0.2) is 0 Å². The van der Waals surface area contributed by atoms with Crippen LogP contribution in [-0.2, 0) is 6.54 Å². The van der Waals surface area contributed by atoms with Crippen LogP contribution in [0.2, 0.25) is 0 Å². The molecule has 4 nitrogen and oxygen atoms in total. The third-order valence-corrected chi connectivity index (χ3v) is 4.63. The highest BCUT2D eigenvalue weighted by Gasteiger charge is 2.43. The summed E-state index contributed by atoms with van der Waals surface area (Å²) in [5.74, 6) is 0. The third-order valence-electron chi connectivity index (χ3n) is 3.73. The topological polar surface area (TPSA) is 50.9 Å². The minimum absolute atomic E-state index is 0.263. The van der Waals surface area contributed by atoms with E-state index >= 15 is 0 Å². The molecule has 104 valence electrons. The number of rotatable bonds is 3. The molecule has 0 saturated carbocycles. The van der Waals surface area contributed by atoms with E-state index in [-0.39, 0.29) is 5.41 Å². The maximum atomic E-state index is 11.2. The maximum absolute atomic E-state index is 11.2. The number of aliphatic hydroxyl groups is 1. The van der Waals surface area contributed by atoms with Crippen molar-refractivity contribution < 1.29 is 5.11 Å². The number of aromatic nitrogens is 3. The predicted octanol–water partition coefficient (Wildman–Crippen LogP) is 3.09. The van der Waals surface area contributed by atoms with Gasteiger partial charge in [0, 0.05) is 0 Å². The Hall–Kier alpha value is -0.690. The van der Waals surface area contributed by atoms with Crippen molar-refractivity contribution in [3.05, 3.63) is 34.0 Å².